The minimum Gasteiger partial charge on any atom is -0.336 e. The fourth-order valence-corrected chi connectivity index (χ4v) is 4.44. The maximum absolute atomic E-state index is 13.0. The van der Waals surface area contributed by atoms with Crippen LogP contribution in [0.5, 0.6) is 0 Å². The van der Waals surface area contributed by atoms with Crippen molar-refractivity contribution in [2.45, 2.75) is 19.8 Å². The number of carbonyl (C=O) groups excluding carboxylic acids is 2. The largest absolute Gasteiger partial charge is 0.336 e. The zero-order valence-electron chi connectivity index (χ0n) is 20.3. The summed E-state index contributed by atoms with van der Waals surface area (Å²) >= 11 is 0. The second kappa shape index (κ2) is 10.9. The van der Waals surface area contributed by atoms with Gasteiger partial charge in [-0.05, 0) is 40.8 Å². The van der Waals surface area contributed by atoms with Crippen LogP contribution in [0.2, 0.25) is 0 Å². The summed E-state index contributed by atoms with van der Waals surface area (Å²) < 4.78 is 0. The van der Waals surface area contributed by atoms with Crippen LogP contribution in [0.4, 0.5) is 5.69 Å². The third kappa shape index (κ3) is 5.33. The van der Waals surface area contributed by atoms with E-state index < -0.39 is 0 Å². The lowest BCUT2D eigenvalue weighted by molar-refractivity contribution is -0.384. The fraction of sp³-hybridized carbons (Fsp3) is 0.250. The van der Waals surface area contributed by atoms with E-state index in [9.17, 15) is 19.7 Å². The van der Waals surface area contributed by atoms with Crippen molar-refractivity contribution in [1.29, 1.82) is 0 Å². The van der Waals surface area contributed by atoms with E-state index in [4.69, 9.17) is 0 Å². The standard InChI is InChI=1S/C28H28N4O4/c1-20(2)23-9-3-4-10-24(23)27-21(7-5-11-25(27)32(35)36)12-13-26(33)30-15-17-31(18-16-30)28(34)22-8-6-14-29-19-22/h3-14,19-20H,15-18H2,1-2H3/b13-12+. The van der Waals surface area contributed by atoms with Crippen molar-refractivity contribution in [3.8, 4) is 11.1 Å². The number of rotatable bonds is 6. The van der Waals surface area contributed by atoms with Crippen LogP contribution in [-0.4, -0.2) is 57.7 Å². The molecule has 0 radical (unpaired) electrons. The van der Waals surface area contributed by atoms with Crippen LogP contribution in [0.3, 0.4) is 0 Å². The van der Waals surface area contributed by atoms with Crippen LogP contribution in [0.1, 0.15) is 41.3 Å². The van der Waals surface area contributed by atoms with Crippen LogP contribution in [-0.2, 0) is 4.79 Å². The van der Waals surface area contributed by atoms with Gasteiger partial charge in [-0.2, -0.15) is 0 Å². The number of nitrogens with zero attached hydrogens (tertiary/aromatic N) is 4. The van der Waals surface area contributed by atoms with E-state index in [1.807, 2.05) is 38.1 Å². The Labute approximate surface area is 210 Å². The van der Waals surface area contributed by atoms with E-state index in [1.54, 1.807) is 46.3 Å². The molecule has 1 aliphatic heterocycles. The minimum atomic E-state index is -0.385. The van der Waals surface area contributed by atoms with Gasteiger partial charge in [-0.25, -0.2) is 0 Å². The normalized spacial score (nSPS) is 13.9. The lowest BCUT2D eigenvalue weighted by Gasteiger charge is -2.34. The molecule has 8 heteroatoms. The highest BCUT2D eigenvalue weighted by molar-refractivity contribution is 5.96. The lowest BCUT2D eigenvalue weighted by atomic mass is 9.89. The number of pyridine rings is 1. The summed E-state index contributed by atoms with van der Waals surface area (Å²) in [6.45, 7) is 5.77. The lowest BCUT2D eigenvalue weighted by Crippen LogP contribution is -2.50. The predicted molar refractivity (Wildman–Crippen MR) is 138 cm³/mol. The molecule has 0 spiro atoms. The summed E-state index contributed by atoms with van der Waals surface area (Å²) in [5.41, 5.74) is 3.42. The third-order valence-corrected chi connectivity index (χ3v) is 6.32. The van der Waals surface area contributed by atoms with Crippen LogP contribution < -0.4 is 0 Å². The fourth-order valence-electron chi connectivity index (χ4n) is 4.44. The molecule has 0 aliphatic carbocycles. The van der Waals surface area contributed by atoms with Gasteiger partial charge in [0.15, 0.2) is 0 Å². The third-order valence-electron chi connectivity index (χ3n) is 6.32. The van der Waals surface area contributed by atoms with Gasteiger partial charge in [0, 0.05) is 50.7 Å². The Hall–Kier alpha value is -4.33. The summed E-state index contributed by atoms with van der Waals surface area (Å²) in [5, 5.41) is 11.9. The molecule has 2 heterocycles. The minimum absolute atomic E-state index is 0.000211. The van der Waals surface area contributed by atoms with Crippen molar-refractivity contribution in [2.24, 2.45) is 0 Å². The van der Waals surface area contributed by atoms with Crippen molar-refractivity contribution in [3.05, 3.63) is 99.9 Å². The van der Waals surface area contributed by atoms with Crippen LogP contribution in [0.25, 0.3) is 17.2 Å². The van der Waals surface area contributed by atoms with Crippen molar-refractivity contribution in [1.82, 2.24) is 14.8 Å². The number of nitro benzene ring substituents is 1. The molecular formula is C28H28N4O4. The average molecular weight is 485 g/mol. The quantitative estimate of drug-likeness (QED) is 0.285. The second-order valence-electron chi connectivity index (χ2n) is 8.93. The first-order chi connectivity index (χ1) is 17.4. The number of hydrogen-bond donors (Lipinski definition) is 0. The molecule has 0 atom stereocenters. The first kappa shape index (κ1) is 24.8. The van der Waals surface area contributed by atoms with Crippen LogP contribution >= 0.6 is 0 Å². The molecule has 1 saturated heterocycles. The number of amides is 2. The van der Waals surface area contributed by atoms with Gasteiger partial charge in [0.2, 0.25) is 5.91 Å². The summed E-state index contributed by atoms with van der Waals surface area (Å²) in [5.74, 6) is -0.126. The molecular weight excluding hydrogens is 456 g/mol. The SMILES string of the molecule is CC(C)c1ccccc1-c1c(/C=C/C(=O)N2CCN(C(=O)c3cccnc3)CC2)cccc1[N+](=O)[O-]. The van der Waals surface area contributed by atoms with Gasteiger partial charge in [0.1, 0.15) is 0 Å². The number of piperazine rings is 1. The van der Waals surface area contributed by atoms with E-state index in [0.29, 0.717) is 42.9 Å². The Morgan fingerprint density at radius 3 is 2.36 bits per heavy atom. The van der Waals surface area contributed by atoms with Gasteiger partial charge in [-0.15, -0.1) is 0 Å². The monoisotopic (exact) mass is 484 g/mol. The van der Waals surface area contributed by atoms with E-state index in [1.165, 1.54) is 18.3 Å². The molecule has 184 valence electrons. The highest BCUT2D eigenvalue weighted by Crippen LogP contribution is 2.38. The zero-order chi connectivity index (χ0) is 25.7. The number of aromatic nitrogens is 1. The first-order valence-corrected chi connectivity index (χ1v) is 11.9. The molecule has 2 aromatic carbocycles. The van der Waals surface area contributed by atoms with Gasteiger partial charge in [-0.3, -0.25) is 24.7 Å². The topological polar surface area (TPSA) is 96.7 Å². The molecule has 1 aliphatic rings. The Kier molecular flexibility index (Phi) is 7.53. The molecule has 36 heavy (non-hydrogen) atoms. The van der Waals surface area contributed by atoms with Crippen LogP contribution in [0, 0.1) is 10.1 Å². The molecule has 0 N–H and O–H groups in total. The Balaban J connectivity index is 1.54. The van der Waals surface area contributed by atoms with Crippen molar-refractivity contribution in [2.75, 3.05) is 26.2 Å². The van der Waals surface area contributed by atoms with Gasteiger partial charge < -0.3 is 9.80 Å². The van der Waals surface area contributed by atoms with Crippen molar-refractivity contribution in [3.63, 3.8) is 0 Å². The van der Waals surface area contributed by atoms with E-state index in [0.717, 1.165) is 11.1 Å². The molecule has 1 fully saturated rings. The highest BCUT2D eigenvalue weighted by atomic mass is 16.6. The Morgan fingerprint density at radius 1 is 0.972 bits per heavy atom. The molecule has 0 saturated carbocycles. The number of benzene rings is 2. The van der Waals surface area contributed by atoms with Crippen molar-refractivity contribution < 1.29 is 14.5 Å². The van der Waals surface area contributed by atoms with Gasteiger partial charge in [-0.1, -0.05) is 50.2 Å². The average Bonchev–Trinajstić information content (AvgIpc) is 2.91. The molecule has 0 bridgehead atoms. The Morgan fingerprint density at radius 2 is 1.69 bits per heavy atom. The smallest absolute Gasteiger partial charge is 0.277 e. The van der Waals surface area contributed by atoms with Gasteiger partial charge in [0.05, 0.1) is 16.1 Å². The summed E-state index contributed by atoms with van der Waals surface area (Å²) in [6.07, 6.45) is 6.26. The number of nitro groups is 1. The Bertz CT molecular complexity index is 1300. The highest BCUT2D eigenvalue weighted by Gasteiger charge is 2.25. The van der Waals surface area contributed by atoms with E-state index in [2.05, 4.69) is 4.98 Å². The number of carbonyl (C=O) groups is 2. The summed E-state index contributed by atoms with van der Waals surface area (Å²) in [7, 11) is 0. The number of hydrogen-bond acceptors (Lipinski definition) is 5. The van der Waals surface area contributed by atoms with Gasteiger partial charge in [0.25, 0.3) is 11.6 Å². The molecule has 4 rings (SSSR count). The molecule has 1 aromatic heterocycles. The van der Waals surface area contributed by atoms with Crippen LogP contribution in [0.15, 0.2) is 73.1 Å². The van der Waals surface area contributed by atoms with E-state index in [-0.39, 0.29) is 28.3 Å². The molecule has 0 unspecified atom stereocenters. The summed E-state index contributed by atoms with van der Waals surface area (Å²) in [6, 6.07) is 16.0. The van der Waals surface area contributed by atoms with Gasteiger partial charge >= 0.3 is 0 Å². The molecule has 3 aromatic rings. The predicted octanol–water partition coefficient (Wildman–Crippen LogP) is 4.78. The van der Waals surface area contributed by atoms with Crippen molar-refractivity contribution >= 4 is 23.6 Å². The second-order valence-corrected chi connectivity index (χ2v) is 8.93. The molecule has 2 amide bonds. The maximum atomic E-state index is 13.0. The maximum Gasteiger partial charge on any atom is 0.277 e. The summed E-state index contributed by atoms with van der Waals surface area (Å²) in [4.78, 5) is 44.5. The zero-order valence-corrected chi connectivity index (χ0v) is 20.3. The molecule has 8 nitrogen and oxygen atoms in total. The van der Waals surface area contributed by atoms with E-state index >= 15 is 0 Å². The first-order valence-electron chi connectivity index (χ1n) is 11.9.